The van der Waals surface area contributed by atoms with Crippen LogP contribution < -0.4 is 0 Å². The smallest absolute Gasteiger partial charge is 0.534 e. The first-order valence-corrected chi connectivity index (χ1v) is 5.04. The molecule has 0 bridgehead atoms. The summed E-state index contributed by atoms with van der Waals surface area (Å²) in [5, 5.41) is 17.7. The minimum atomic E-state index is -0.264. The van der Waals surface area contributed by atoms with Gasteiger partial charge in [-0.3, -0.25) is 0 Å². The average Bonchev–Trinajstić information content (AvgIpc) is 2.89. The Labute approximate surface area is 107 Å². The van der Waals surface area contributed by atoms with Crippen molar-refractivity contribution in [1.82, 2.24) is 0 Å². The molecule has 0 amide bonds. The molecule has 1 unspecified atom stereocenters. The van der Waals surface area contributed by atoms with Gasteiger partial charge in [0.2, 0.25) is 0 Å². The van der Waals surface area contributed by atoms with Crippen molar-refractivity contribution in [3.8, 4) is 5.75 Å². The monoisotopic (exact) mass is 260 g/mol. The number of aromatic hydroxyl groups is 1. The standard InChI is InChI=1S/C8H11O.C5H5O.Fe/c1-2-8(9)7-5-3-4-6-7;6-5-3-1-2-4-5;/h3-6,8-9H,2H2,1H3;1-4,6H;/q2*-1;+2. The summed E-state index contributed by atoms with van der Waals surface area (Å²) in [6.45, 7) is 1.97. The normalized spacial score (nSPS) is 10.9. The molecule has 0 saturated heterocycles. The maximum Gasteiger partial charge on any atom is 2.00 e. The van der Waals surface area contributed by atoms with Crippen molar-refractivity contribution < 1.29 is 27.3 Å². The van der Waals surface area contributed by atoms with Crippen molar-refractivity contribution in [2.45, 2.75) is 19.4 Å². The van der Waals surface area contributed by atoms with Crippen molar-refractivity contribution in [3.63, 3.8) is 0 Å². The summed E-state index contributed by atoms with van der Waals surface area (Å²) in [4.78, 5) is 0. The Bertz CT molecular complexity index is 338. The number of aliphatic hydroxyl groups is 1. The van der Waals surface area contributed by atoms with Gasteiger partial charge in [0.25, 0.3) is 0 Å². The minimum absolute atomic E-state index is 0. The SMILES string of the molecule is CCC(O)c1ccc[cH-]1.Oc1ccc[cH-]1.[Fe+2]. The maximum absolute atomic E-state index is 9.22. The Hall–Kier alpha value is -1.02. The third-order valence-electron chi connectivity index (χ3n) is 2.11. The van der Waals surface area contributed by atoms with Crippen molar-refractivity contribution in [2.75, 3.05) is 0 Å². The van der Waals surface area contributed by atoms with E-state index in [9.17, 15) is 5.11 Å². The van der Waals surface area contributed by atoms with Gasteiger partial charge in [0.05, 0.1) is 6.10 Å². The number of aliphatic hydroxyl groups excluding tert-OH is 1. The fourth-order valence-electron chi connectivity index (χ4n) is 1.21. The molecule has 88 valence electrons. The zero-order valence-electron chi connectivity index (χ0n) is 9.15. The van der Waals surface area contributed by atoms with Crippen molar-refractivity contribution >= 4 is 0 Å². The third kappa shape index (κ3) is 5.17. The van der Waals surface area contributed by atoms with Gasteiger partial charge in [-0.2, -0.15) is 24.3 Å². The summed E-state index contributed by atoms with van der Waals surface area (Å²) in [5.41, 5.74) is 1.03. The van der Waals surface area contributed by atoms with Crippen molar-refractivity contribution in [1.29, 1.82) is 0 Å². The van der Waals surface area contributed by atoms with E-state index in [1.807, 2.05) is 31.2 Å². The molecule has 0 aromatic heterocycles. The Morgan fingerprint density at radius 2 is 1.81 bits per heavy atom. The van der Waals surface area contributed by atoms with Crippen LogP contribution in [0.2, 0.25) is 0 Å². The van der Waals surface area contributed by atoms with Gasteiger partial charge < -0.3 is 10.2 Å². The second-order valence-corrected chi connectivity index (χ2v) is 3.29. The summed E-state index contributed by atoms with van der Waals surface area (Å²) < 4.78 is 0. The molecule has 0 aliphatic rings. The van der Waals surface area contributed by atoms with Crippen LogP contribution in [0.1, 0.15) is 25.0 Å². The van der Waals surface area contributed by atoms with Crippen LogP contribution in [0.25, 0.3) is 0 Å². The Morgan fingerprint density at radius 3 is 2.12 bits per heavy atom. The predicted molar refractivity (Wildman–Crippen MR) is 61.0 cm³/mol. The van der Waals surface area contributed by atoms with E-state index in [0.29, 0.717) is 5.75 Å². The van der Waals surface area contributed by atoms with E-state index in [1.165, 1.54) is 0 Å². The topological polar surface area (TPSA) is 40.5 Å². The van der Waals surface area contributed by atoms with Crippen molar-refractivity contribution in [3.05, 3.63) is 54.1 Å². The number of hydrogen-bond acceptors (Lipinski definition) is 2. The molecule has 2 rings (SSSR count). The van der Waals surface area contributed by atoms with Gasteiger partial charge >= 0.3 is 17.1 Å². The largest absolute Gasteiger partial charge is 2.00 e. The first-order valence-electron chi connectivity index (χ1n) is 5.04. The van der Waals surface area contributed by atoms with E-state index >= 15 is 0 Å². The molecule has 0 aliphatic carbocycles. The van der Waals surface area contributed by atoms with E-state index in [4.69, 9.17) is 5.11 Å². The molecule has 2 aromatic carbocycles. The molecule has 2 nitrogen and oxygen atoms in total. The van der Waals surface area contributed by atoms with Gasteiger partial charge in [-0.1, -0.05) is 6.92 Å². The molecule has 0 radical (unpaired) electrons. The summed E-state index contributed by atoms with van der Waals surface area (Å²) in [6, 6.07) is 14.6. The van der Waals surface area contributed by atoms with Crippen LogP contribution in [0.5, 0.6) is 5.75 Å². The van der Waals surface area contributed by atoms with E-state index < -0.39 is 0 Å². The summed E-state index contributed by atoms with van der Waals surface area (Å²) in [7, 11) is 0. The van der Waals surface area contributed by atoms with E-state index in [1.54, 1.807) is 24.3 Å². The van der Waals surface area contributed by atoms with Crippen LogP contribution in [0, 0.1) is 0 Å². The van der Waals surface area contributed by atoms with E-state index in [0.717, 1.165) is 12.0 Å². The molecule has 2 aromatic rings. The summed E-state index contributed by atoms with van der Waals surface area (Å²) in [5.74, 6) is 0.343. The van der Waals surface area contributed by atoms with Crippen LogP contribution in [0.15, 0.2) is 48.5 Å². The average molecular weight is 260 g/mol. The molecule has 3 heteroatoms. The third-order valence-corrected chi connectivity index (χ3v) is 2.11. The van der Waals surface area contributed by atoms with Gasteiger partial charge in [-0.05, 0) is 12.2 Å². The fourth-order valence-corrected chi connectivity index (χ4v) is 1.21. The molecule has 1 atom stereocenters. The van der Waals surface area contributed by atoms with Crippen molar-refractivity contribution in [2.24, 2.45) is 0 Å². The quantitative estimate of drug-likeness (QED) is 0.643. The minimum Gasteiger partial charge on any atom is -0.534 e. The predicted octanol–water partition coefficient (Wildman–Crippen LogP) is 2.96. The summed E-state index contributed by atoms with van der Waals surface area (Å²) >= 11 is 0. The molecule has 16 heavy (non-hydrogen) atoms. The molecule has 0 saturated carbocycles. The van der Waals surface area contributed by atoms with Gasteiger partial charge in [-0.15, -0.1) is 11.6 Å². The first kappa shape index (κ1) is 15.0. The second kappa shape index (κ2) is 8.17. The van der Waals surface area contributed by atoms with Gasteiger partial charge in [0, 0.05) is 0 Å². The van der Waals surface area contributed by atoms with E-state index in [2.05, 4.69) is 0 Å². The second-order valence-electron chi connectivity index (χ2n) is 3.29. The van der Waals surface area contributed by atoms with Gasteiger partial charge in [-0.25, -0.2) is 18.2 Å². The Kier molecular flexibility index (Phi) is 7.65. The molecule has 0 spiro atoms. The fraction of sp³-hybridized carbons (Fsp3) is 0.231. The van der Waals surface area contributed by atoms with Crippen LogP contribution in [-0.4, -0.2) is 10.2 Å². The zero-order valence-corrected chi connectivity index (χ0v) is 10.3. The van der Waals surface area contributed by atoms with E-state index in [-0.39, 0.29) is 23.2 Å². The maximum atomic E-state index is 9.22. The number of hydrogen-bond donors (Lipinski definition) is 2. The van der Waals surface area contributed by atoms with Gasteiger partial charge in [0.15, 0.2) is 0 Å². The molecule has 0 aliphatic heterocycles. The van der Waals surface area contributed by atoms with Crippen LogP contribution in [0.4, 0.5) is 0 Å². The molecule has 0 heterocycles. The first-order chi connectivity index (χ1) is 7.24. The Balaban J connectivity index is 0.000000283. The van der Waals surface area contributed by atoms with Gasteiger partial charge in [0.1, 0.15) is 0 Å². The zero-order chi connectivity index (χ0) is 11.1. The van der Waals surface area contributed by atoms with Crippen LogP contribution in [0.3, 0.4) is 0 Å². The molecule has 0 fully saturated rings. The Morgan fingerprint density at radius 1 is 1.19 bits per heavy atom. The van der Waals surface area contributed by atoms with Crippen LogP contribution >= 0.6 is 0 Å². The molecular weight excluding hydrogens is 244 g/mol. The number of rotatable bonds is 2. The molecule has 2 N–H and O–H groups in total. The summed E-state index contributed by atoms with van der Waals surface area (Å²) in [6.07, 6.45) is 0.532. The van der Waals surface area contributed by atoms with Crippen LogP contribution in [-0.2, 0) is 17.1 Å². The molecular formula is C13H16FeO2.